The molecule has 0 aromatic heterocycles. The van der Waals surface area contributed by atoms with Gasteiger partial charge in [-0.15, -0.1) is 0 Å². The molecule has 23 heavy (non-hydrogen) atoms. The van der Waals surface area contributed by atoms with E-state index < -0.39 is 0 Å². The van der Waals surface area contributed by atoms with Crippen LogP contribution >= 0.6 is 11.8 Å². The van der Waals surface area contributed by atoms with E-state index in [9.17, 15) is 4.79 Å². The van der Waals surface area contributed by atoms with Crippen LogP contribution in [0.2, 0.25) is 0 Å². The zero-order valence-electron chi connectivity index (χ0n) is 14.4. The van der Waals surface area contributed by atoms with Gasteiger partial charge in [0.15, 0.2) is 0 Å². The van der Waals surface area contributed by atoms with Gasteiger partial charge in [0, 0.05) is 36.6 Å². The molecule has 1 aromatic carbocycles. The predicted octanol–water partition coefficient (Wildman–Crippen LogP) is 4.39. The summed E-state index contributed by atoms with van der Waals surface area (Å²) in [4.78, 5) is 14.4. The van der Waals surface area contributed by atoms with Gasteiger partial charge in [-0.2, -0.15) is 11.8 Å². The van der Waals surface area contributed by atoms with Gasteiger partial charge in [0.05, 0.1) is 6.61 Å². The molecule has 1 aliphatic rings. The summed E-state index contributed by atoms with van der Waals surface area (Å²) in [7, 11) is 0. The first-order valence-corrected chi connectivity index (χ1v) is 9.69. The number of hydrogen-bond acceptors (Lipinski definition) is 3. The first-order valence-electron chi connectivity index (χ1n) is 8.40. The highest BCUT2D eigenvalue weighted by Gasteiger charge is 2.23. The Bertz CT molecular complexity index is 510. The normalized spacial score (nSPS) is 19.4. The van der Waals surface area contributed by atoms with E-state index in [4.69, 9.17) is 4.74 Å². The van der Waals surface area contributed by atoms with Crippen LogP contribution in [0.1, 0.15) is 37.5 Å². The van der Waals surface area contributed by atoms with Gasteiger partial charge in [0.25, 0.3) is 0 Å². The molecule has 4 nitrogen and oxygen atoms in total. The van der Waals surface area contributed by atoms with Gasteiger partial charge in [-0.05, 0) is 50.6 Å². The quantitative estimate of drug-likeness (QED) is 0.837. The number of nitrogens with one attached hydrogen (secondary N) is 1. The molecule has 0 aliphatic carbocycles. The fourth-order valence-corrected chi connectivity index (χ4v) is 3.30. The van der Waals surface area contributed by atoms with Gasteiger partial charge in [-0.3, -0.25) is 0 Å². The van der Waals surface area contributed by atoms with E-state index in [0.29, 0.717) is 11.2 Å². The van der Waals surface area contributed by atoms with Gasteiger partial charge in [-0.25, -0.2) is 4.79 Å². The van der Waals surface area contributed by atoms with Gasteiger partial charge >= 0.3 is 6.03 Å². The monoisotopic (exact) mass is 336 g/mol. The van der Waals surface area contributed by atoms with Crippen molar-refractivity contribution in [2.45, 2.75) is 31.9 Å². The van der Waals surface area contributed by atoms with E-state index in [1.54, 1.807) is 11.8 Å². The van der Waals surface area contributed by atoms with E-state index in [1.807, 2.05) is 24.0 Å². The fraction of sp³-hybridized carbons (Fsp3) is 0.611. The number of hydrogen-bond donors (Lipinski definition) is 1. The highest BCUT2D eigenvalue weighted by molar-refractivity contribution is 7.98. The van der Waals surface area contributed by atoms with Crippen LogP contribution in [0.3, 0.4) is 0 Å². The lowest BCUT2D eigenvalue weighted by Crippen LogP contribution is -2.43. The Morgan fingerprint density at radius 3 is 3.09 bits per heavy atom. The number of rotatable bonds is 6. The molecule has 1 aromatic rings. The largest absolute Gasteiger partial charge is 0.381 e. The molecular formula is C18H28N2O2S. The van der Waals surface area contributed by atoms with E-state index >= 15 is 0 Å². The third-order valence-corrected chi connectivity index (χ3v) is 5.30. The lowest BCUT2D eigenvalue weighted by Gasteiger charge is -2.32. The van der Waals surface area contributed by atoms with Crippen molar-refractivity contribution < 1.29 is 9.53 Å². The lowest BCUT2D eigenvalue weighted by molar-refractivity contribution is 0.0777. The number of nitrogens with zero attached hydrogens (tertiary/aromatic N) is 1. The number of carbonyl (C=O) groups is 1. The molecule has 1 fully saturated rings. The van der Waals surface area contributed by atoms with Crippen molar-refractivity contribution in [3.8, 4) is 0 Å². The molecule has 2 amide bonds. The Kier molecular flexibility index (Phi) is 7.24. The number of carbonyl (C=O) groups excluding carboxylic acids is 1. The van der Waals surface area contributed by atoms with Crippen molar-refractivity contribution in [2.24, 2.45) is 5.92 Å². The fourth-order valence-electron chi connectivity index (χ4n) is 2.88. The molecule has 0 radical (unpaired) electrons. The summed E-state index contributed by atoms with van der Waals surface area (Å²) in [6, 6.07) is 8.14. The van der Waals surface area contributed by atoms with Crippen molar-refractivity contribution in [3.63, 3.8) is 0 Å². The highest BCUT2D eigenvalue weighted by atomic mass is 32.2. The third-order valence-electron chi connectivity index (χ3n) is 4.32. The first-order chi connectivity index (χ1) is 11.1. The highest BCUT2D eigenvalue weighted by Crippen LogP contribution is 2.27. The smallest absolute Gasteiger partial charge is 0.321 e. The molecule has 0 spiro atoms. The van der Waals surface area contributed by atoms with Crippen molar-refractivity contribution in [1.82, 2.24) is 4.90 Å². The maximum absolute atomic E-state index is 12.5. The van der Waals surface area contributed by atoms with Crippen LogP contribution in [0.25, 0.3) is 0 Å². The zero-order valence-corrected chi connectivity index (χ0v) is 15.2. The Balaban J connectivity index is 1.93. The number of likely N-dealkylation sites (tertiary alicyclic amines) is 1. The van der Waals surface area contributed by atoms with E-state index in [2.05, 4.69) is 30.6 Å². The van der Waals surface area contributed by atoms with E-state index in [1.165, 1.54) is 5.56 Å². The molecule has 0 bridgehead atoms. The SMILES string of the molecule is CCOC[C@H]1CCCN(C(=O)Nc2cccc([C@H](C)SC)c2)C1. The Morgan fingerprint density at radius 2 is 2.35 bits per heavy atom. The second kappa shape index (κ2) is 9.18. The van der Waals surface area contributed by atoms with Crippen LogP contribution in [0.15, 0.2) is 24.3 Å². The molecule has 2 rings (SSSR count). The number of anilines is 1. The Hall–Kier alpha value is -1.20. The molecule has 128 valence electrons. The van der Waals surface area contributed by atoms with Crippen LogP contribution in [0.4, 0.5) is 10.5 Å². The minimum atomic E-state index is 0.000142. The molecule has 1 N–H and O–H groups in total. The second-order valence-corrected chi connectivity index (χ2v) is 7.23. The molecule has 1 heterocycles. The molecule has 1 aliphatic heterocycles. The number of amides is 2. The van der Waals surface area contributed by atoms with Crippen molar-refractivity contribution in [2.75, 3.05) is 37.9 Å². The topological polar surface area (TPSA) is 41.6 Å². The number of benzene rings is 1. The van der Waals surface area contributed by atoms with E-state index in [0.717, 1.165) is 44.8 Å². The maximum Gasteiger partial charge on any atom is 0.321 e. The summed E-state index contributed by atoms with van der Waals surface area (Å²) in [5, 5.41) is 3.47. The van der Waals surface area contributed by atoms with Crippen molar-refractivity contribution in [1.29, 1.82) is 0 Å². The van der Waals surface area contributed by atoms with Crippen molar-refractivity contribution >= 4 is 23.5 Å². The minimum Gasteiger partial charge on any atom is -0.381 e. The zero-order chi connectivity index (χ0) is 16.7. The summed E-state index contributed by atoms with van der Waals surface area (Å²) in [5.41, 5.74) is 2.11. The molecule has 0 saturated carbocycles. The number of ether oxygens (including phenoxy) is 1. The molecule has 1 saturated heterocycles. The van der Waals surface area contributed by atoms with Gasteiger partial charge < -0.3 is 15.0 Å². The summed E-state index contributed by atoms with van der Waals surface area (Å²) in [5.74, 6) is 0.456. The lowest BCUT2D eigenvalue weighted by atomic mass is 9.99. The summed E-state index contributed by atoms with van der Waals surface area (Å²) >= 11 is 1.80. The molecular weight excluding hydrogens is 308 g/mol. The number of piperidine rings is 1. The van der Waals surface area contributed by atoms with Gasteiger partial charge in [0.1, 0.15) is 0 Å². The minimum absolute atomic E-state index is 0.000142. The van der Waals surface area contributed by atoms with Crippen LogP contribution < -0.4 is 5.32 Å². The van der Waals surface area contributed by atoms with Crippen molar-refractivity contribution in [3.05, 3.63) is 29.8 Å². The van der Waals surface area contributed by atoms with Gasteiger partial charge in [-0.1, -0.05) is 12.1 Å². The number of thioether (sulfide) groups is 1. The Labute approximate surface area is 144 Å². The predicted molar refractivity (Wildman–Crippen MR) is 98.2 cm³/mol. The van der Waals surface area contributed by atoms with Crippen LogP contribution in [0, 0.1) is 5.92 Å². The maximum atomic E-state index is 12.5. The third kappa shape index (κ3) is 5.43. The van der Waals surface area contributed by atoms with Crippen LogP contribution in [-0.2, 0) is 4.74 Å². The van der Waals surface area contributed by atoms with Crippen LogP contribution in [-0.4, -0.2) is 43.5 Å². The molecule has 5 heteroatoms. The summed E-state index contributed by atoms with van der Waals surface area (Å²) < 4.78 is 5.51. The van der Waals surface area contributed by atoms with E-state index in [-0.39, 0.29) is 6.03 Å². The Morgan fingerprint density at radius 1 is 1.52 bits per heavy atom. The molecule has 2 atom stereocenters. The average Bonchev–Trinajstić information content (AvgIpc) is 2.59. The summed E-state index contributed by atoms with van der Waals surface area (Å²) in [6.07, 6.45) is 4.29. The standard InChI is InChI=1S/C18H28N2O2S/c1-4-22-13-15-7-6-10-20(12-15)18(21)19-17-9-5-8-16(11-17)14(2)23-3/h5,8-9,11,14-15H,4,6-7,10,12-13H2,1-3H3,(H,19,21)/t14-,15-/m0/s1. The second-order valence-electron chi connectivity index (χ2n) is 6.05. The average molecular weight is 337 g/mol. The van der Waals surface area contributed by atoms with Crippen LogP contribution in [0.5, 0.6) is 0 Å². The molecule has 0 unspecified atom stereocenters. The summed E-state index contributed by atoms with van der Waals surface area (Å²) in [6.45, 7) is 7.29. The number of urea groups is 1. The first kappa shape index (κ1) is 18.1. The van der Waals surface area contributed by atoms with Gasteiger partial charge in [0.2, 0.25) is 0 Å².